The molecule has 2 rings (SSSR count). The summed E-state index contributed by atoms with van der Waals surface area (Å²) < 4.78 is 13.4. The first-order valence-electron chi connectivity index (χ1n) is 6.53. The standard InChI is InChI=1S/C15H19FN2/c1-11-4-3-5-14(6-11)18(2)15-8-12(10-17)7-13(16)9-15/h7-9,11,14H,3-6H2,1-2H3. The van der Waals surface area contributed by atoms with Gasteiger partial charge in [0.1, 0.15) is 5.82 Å². The molecule has 1 aliphatic rings. The van der Waals surface area contributed by atoms with Gasteiger partial charge in [-0.1, -0.05) is 19.8 Å². The number of benzene rings is 1. The van der Waals surface area contributed by atoms with Crippen molar-refractivity contribution in [3.63, 3.8) is 0 Å². The monoisotopic (exact) mass is 246 g/mol. The van der Waals surface area contributed by atoms with Gasteiger partial charge in [0, 0.05) is 18.8 Å². The van der Waals surface area contributed by atoms with E-state index in [1.54, 1.807) is 6.07 Å². The smallest absolute Gasteiger partial charge is 0.126 e. The molecule has 1 aliphatic carbocycles. The lowest BCUT2D eigenvalue weighted by Crippen LogP contribution is -2.35. The van der Waals surface area contributed by atoms with E-state index in [0.717, 1.165) is 24.4 Å². The molecular formula is C15H19FN2. The van der Waals surface area contributed by atoms with Crippen LogP contribution < -0.4 is 4.90 Å². The Balaban J connectivity index is 2.20. The topological polar surface area (TPSA) is 27.0 Å². The van der Waals surface area contributed by atoms with Gasteiger partial charge in [0.25, 0.3) is 0 Å². The van der Waals surface area contributed by atoms with Gasteiger partial charge in [-0.25, -0.2) is 4.39 Å². The van der Waals surface area contributed by atoms with Crippen LogP contribution in [-0.4, -0.2) is 13.1 Å². The molecule has 0 bridgehead atoms. The highest BCUT2D eigenvalue weighted by molar-refractivity contribution is 5.52. The quantitative estimate of drug-likeness (QED) is 0.795. The van der Waals surface area contributed by atoms with Gasteiger partial charge in [-0.2, -0.15) is 5.26 Å². The number of nitrogens with zero attached hydrogens (tertiary/aromatic N) is 2. The first-order chi connectivity index (χ1) is 8.60. The minimum absolute atomic E-state index is 0.334. The molecule has 1 aromatic rings. The Hall–Kier alpha value is -1.56. The molecule has 1 aromatic carbocycles. The molecule has 2 nitrogen and oxygen atoms in total. The van der Waals surface area contributed by atoms with Gasteiger partial charge < -0.3 is 4.90 Å². The molecule has 0 saturated heterocycles. The van der Waals surface area contributed by atoms with Crippen LogP contribution in [0.2, 0.25) is 0 Å². The number of halogens is 1. The Morgan fingerprint density at radius 2 is 2.11 bits per heavy atom. The molecule has 96 valence electrons. The molecule has 0 radical (unpaired) electrons. The van der Waals surface area contributed by atoms with E-state index in [-0.39, 0.29) is 5.82 Å². The minimum atomic E-state index is -0.334. The van der Waals surface area contributed by atoms with Gasteiger partial charge in [0.05, 0.1) is 11.6 Å². The summed E-state index contributed by atoms with van der Waals surface area (Å²) in [5, 5.41) is 8.89. The summed E-state index contributed by atoms with van der Waals surface area (Å²) >= 11 is 0. The third-order valence-corrected chi connectivity index (χ3v) is 3.88. The van der Waals surface area contributed by atoms with Crippen LogP contribution >= 0.6 is 0 Å². The lowest BCUT2D eigenvalue weighted by atomic mass is 9.86. The Labute approximate surface area is 108 Å². The van der Waals surface area contributed by atoms with Crippen molar-refractivity contribution < 1.29 is 4.39 Å². The fraction of sp³-hybridized carbons (Fsp3) is 0.533. The lowest BCUT2D eigenvalue weighted by Gasteiger charge is -2.35. The van der Waals surface area contributed by atoms with Crippen LogP contribution in [0, 0.1) is 23.1 Å². The van der Waals surface area contributed by atoms with Crippen molar-refractivity contribution >= 4 is 5.69 Å². The first kappa shape index (κ1) is 12.9. The number of rotatable bonds is 2. The summed E-state index contributed by atoms with van der Waals surface area (Å²) in [4.78, 5) is 2.12. The predicted octanol–water partition coefficient (Wildman–Crippen LogP) is 3.71. The molecule has 1 fully saturated rings. The van der Waals surface area contributed by atoms with Crippen LogP contribution in [0.25, 0.3) is 0 Å². The molecular weight excluding hydrogens is 227 g/mol. The van der Waals surface area contributed by atoms with Gasteiger partial charge in [-0.3, -0.25) is 0 Å². The van der Waals surface area contributed by atoms with E-state index >= 15 is 0 Å². The maximum atomic E-state index is 13.4. The summed E-state index contributed by atoms with van der Waals surface area (Å²) in [6.07, 6.45) is 4.82. The second-order valence-corrected chi connectivity index (χ2v) is 5.35. The summed E-state index contributed by atoms with van der Waals surface area (Å²) in [6, 6.07) is 7.03. The zero-order chi connectivity index (χ0) is 13.1. The molecule has 0 heterocycles. The molecule has 0 aromatic heterocycles. The van der Waals surface area contributed by atoms with Crippen molar-refractivity contribution in [1.82, 2.24) is 0 Å². The largest absolute Gasteiger partial charge is 0.371 e. The molecule has 0 amide bonds. The number of nitriles is 1. The molecule has 18 heavy (non-hydrogen) atoms. The SMILES string of the molecule is CC1CCCC(N(C)c2cc(F)cc(C#N)c2)C1. The third kappa shape index (κ3) is 2.81. The summed E-state index contributed by atoms with van der Waals surface area (Å²) in [7, 11) is 2.00. The van der Waals surface area contributed by atoms with E-state index in [0.29, 0.717) is 11.6 Å². The van der Waals surface area contributed by atoms with E-state index in [2.05, 4.69) is 11.8 Å². The van der Waals surface area contributed by atoms with Gasteiger partial charge in [0.2, 0.25) is 0 Å². The zero-order valence-corrected chi connectivity index (χ0v) is 11.0. The summed E-state index contributed by atoms with van der Waals surface area (Å²) in [6.45, 7) is 2.27. The average molecular weight is 246 g/mol. The number of hydrogen-bond acceptors (Lipinski definition) is 2. The Kier molecular flexibility index (Phi) is 3.86. The van der Waals surface area contributed by atoms with Crippen LogP contribution in [0.4, 0.5) is 10.1 Å². The van der Waals surface area contributed by atoms with Crippen LogP contribution in [0.3, 0.4) is 0 Å². The van der Waals surface area contributed by atoms with Crippen molar-refractivity contribution in [3.8, 4) is 6.07 Å². The van der Waals surface area contributed by atoms with Gasteiger partial charge in [0.15, 0.2) is 0 Å². The molecule has 2 atom stereocenters. The number of anilines is 1. The highest BCUT2D eigenvalue weighted by Crippen LogP contribution is 2.30. The lowest BCUT2D eigenvalue weighted by molar-refractivity contribution is 0.336. The van der Waals surface area contributed by atoms with E-state index < -0.39 is 0 Å². The minimum Gasteiger partial charge on any atom is -0.371 e. The Morgan fingerprint density at radius 3 is 2.78 bits per heavy atom. The summed E-state index contributed by atoms with van der Waals surface area (Å²) in [5.41, 5.74) is 1.20. The van der Waals surface area contributed by atoms with E-state index in [4.69, 9.17) is 5.26 Å². The molecule has 3 heteroatoms. The first-order valence-corrected chi connectivity index (χ1v) is 6.53. The summed E-state index contributed by atoms with van der Waals surface area (Å²) in [5.74, 6) is 0.398. The fourth-order valence-corrected chi connectivity index (χ4v) is 2.81. The fourth-order valence-electron chi connectivity index (χ4n) is 2.81. The van der Waals surface area contributed by atoms with Crippen LogP contribution in [0.1, 0.15) is 38.2 Å². The maximum Gasteiger partial charge on any atom is 0.126 e. The van der Waals surface area contributed by atoms with Crippen molar-refractivity contribution in [3.05, 3.63) is 29.6 Å². The van der Waals surface area contributed by atoms with Crippen LogP contribution in [0.5, 0.6) is 0 Å². The van der Waals surface area contributed by atoms with Crippen molar-refractivity contribution in [2.75, 3.05) is 11.9 Å². The van der Waals surface area contributed by atoms with Gasteiger partial charge >= 0.3 is 0 Å². The Morgan fingerprint density at radius 1 is 1.33 bits per heavy atom. The van der Waals surface area contributed by atoms with Crippen molar-refractivity contribution in [1.29, 1.82) is 5.26 Å². The van der Waals surface area contributed by atoms with Gasteiger partial charge in [-0.05, 0) is 37.0 Å². The van der Waals surface area contributed by atoms with E-state index in [9.17, 15) is 4.39 Å². The highest BCUT2D eigenvalue weighted by atomic mass is 19.1. The predicted molar refractivity (Wildman–Crippen MR) is 70.9 cm³/mol. The average Bonchev–Trinajstić information content (AvgIpc) is 2.37. The molecule has 2 unspecified atom stereocenters. The molecule has 0 aliphatic heterocycles. The molecule has 1 saturated carbocycles. The van der Waals surface area contributed by atoms with E-state index in [1.165, 1.54) is 25.0 Å². The maximum absolute atomic E-state index is 13.4. The molecule has 0 spiro atoms. The zero-order valence-electron chi connectivity index (χ0n) is 11.0. The third-order valence-electron chi connectivity index (χ3n) is 3.88. The number of hydrogen-bond donors (Lipinski definition) is 0. The van der Waals surface area contributed by atoms with E-state index in [1.807, 2.05) is 13.1 Å². The van der Waals surface area contributed by atoms with Crippen molar-refractivity contribution in [2.24, 2.45) is 5.92 Å². The van der Waals surface area contributed by atoms with Crippen molar-refractivity contribution in [2.45, 2.75) is 38.6 Å². The highest BCUT2D eigenvalue weighted by Gasteiger charge is 2.23. The van der Waals surface area contributed by atoms with Crippen LogP contribution in [-0.2, 0) is 0 Å². The Bertz CT molecular complexity index is 464. The normalized spacial score (nSPS) is 23.4. The van der Waals surface area contributed by atoms with Gasteiger partial charge in [-0.15, -0.1) is 0 Å². The second kappa shape index (κ2) is 5.39. The molecule has 0 N–H and O–H groups in total. The van der Waals surface area contributed by atoms with Crippen LogP contribution in [0.15, 0.2) is 18.2 Å². The second-order valence-electron chi connectivity index (χ2n) is 5.35.